The number of rotatable bonds is 6. The Labute approximate surface area is 100 Å². The Balaban J connectivity index is 2.27. The lowest BCUT2D eigenvalue weighted by molar-refractivity contribution is 0.0953. The van der Waals surface area contributed by atoms with Crippen molar-refractivity contribution >= 4 is 17.5 Å². The number of benzene rings is 1. The van der Waals surface area contributed by atoms with Crippen LogP contribution in [0.15, 0.2) is 24.3 Å². The molecule has 0 aliphatic rings. The topological polar surface area (TPSA) is 49.3 Å². The van der Waals surface area contributed by atoms with Crippen molar-refractivity contribution in [2.75, 3.05) is 12.4 Å². The van der Waals surface area contributed by atoms with E-state index < -0.39 is 0 Å². The lowest BCUT2D eigenvalue weighted by Gasteiger charge is -2.04. The molecule has 0 saturated heterocycles. The zero-order valence-corrected chi connectivity index (χ0v) is 9.83. The molecule has 0 spiro atoms. The molecule has 0 heterocycles. The predicted octanol–water partition coefficient (Wildman–Crippen LogP) is 2.53. The van der Waals surface area contributed by atoms with Gasteiger partial charge in [-0.25, -0.2) is 0 Å². The SMILES string of the molecule is O=C(NCCCCCCl)c1ccc(O)cc1. The number of phenolic OH excluding ortho intramolecular Hbond substituents is 1. The molecule has 1 rings (SSSR count). The molecule has 0 fully saturated rings. The number of nitrogens with one attached hydrogen (secondary N) is 1. The fourth-order valence-corrected chi connectivity index (χ4v) is 1.50. The van der Waals surface area contributed by atoms with E-state index in [4.69, 9.17) is 16.7 Å². The maximum Gasteiger partial charge on any atom is 0.251 e. The lowest BCUT2D eigenvalue weighted by atomic mass is 10.2. The maximum atomic E-state index is 11.6. The van der Waals surface area contributed by atoms with E-state index in [-0.39, 0.29) is 11.7 Å². The standard InChI is InChI=1S/C12H16ClNO2/c13-8-2-1-3-9-14-12(16)10-4-6-11(15)7-5-10/h4-7,15H,1-3,8-9H2,(H,14,16). The van der Waals surface area contributed by atoms with Crippen molar-refractivity contribution in [1.82, 2.24) is 5.32 Å². The van der Waals surface area contributed by atoms with Gasteiger partial charge in [0.15, 0.2) is 0 Å². The third-order valence-electron chi connectivity index (χ3n) is 2.23. The Morgan fingerprint density at radius 2 is 1.88 bits per heavy atom. The second-order valence-corrected chi connectivity index (χ2v) is 3.93. The number of hydrogen-bond donors (Lipinski definition) is 2. The summed E-state index contributed by atoms with van der Waals surface area (Å²) >= 11 is 5.54. The molecule has 2 N–H and O–H groups in total. The smallest absolute Gasteiger partial charge is 0.251 e. The summed E-state index contributed by atoms with van der Waals surface area (Å²) in [5.41, 5.74) is 0.565. The number of carbonyl (C=O) groups excluding carboxylic acids is 1. The van der Waals surface area contributed by atoms with Gasteiger partial charge in [0, 0.05) is 18.0 Å². The van der Waals surface area contributed by atoms with E-state index in [9.17, 15) is 4.79 Å². The molecular weight excluding hydrogens is 226 g/mol. The highest BCUT2D eigenvalue weighted by molar-refractivity contribution is 6.17. The Hall–Kier alpha value is -1.22. The third-order valence-corrected chi connectivity index (χ3v) is 2.49. The quantitative estimate of drug-likeness (QED) is 0.594. The molecule has 0 aromatic heterocycles. The molecule has 0 bridgehead atoms. The molecule has 0 atom stereocenters. The first-order chi connectivity index (χ1) is 7.74. The van der Waals surface area contributed by atoms with E-state index in [1.54, 1.807) is 12.1 Å². The van der Waals surface area contributed by atoms with Crippen LogP contribution in [0.4, 0.5) is 0 Å². The van der Waals surface area contributed by atoms with Crippen LogP contribution in [0.5, 0.6) is 5.75 Å². The van der Waals surface area contributed by atoms with E-state index in [1.807, 2.05) is 0 Å². The highest BCUT2D eigenvalue weighted by Crippen LogP contribution is 2.09. The number of aromatic hydroxyl groups is 1. The van der Waals surface area contributed by atoms with E-state index in [1.165, 1.54) is 12.1 Å². The molecule has 1 amide bonds. The third kappa shape index (κ3) is 4.53. The molecule has 0 unspecified atom stereocenters. The highest BCUT2D eigenvalue weighted by Gasteiger charge is 2.03. The van der Waals surface area contributed by atoms with Gasteiger partial charge in [-0.05, 0) is 37.1 Å². The van der Waals surface area contributed by atoms with Gasteiger partial charge in [0.25, 0.3) is 5.91 Å². The first-order valence-electron chi connectivity index (χ1n) is 5.37. The first kappa shape index (κ1) is 12.8. The van der Waals surface area contributed by atoms with Gasteiger partial charge in [-0.3, -0.25) is 4.79 Å². The van der Waals surface area contributed by atoms with Crippen molar-refractivity contribution in [1.29, 1.82) is 0 Å². The van der Waals surface area contributed by atoms with E-state index in [2.05, 4.69) is 5.32 Å². The monoisotopic (exact) mass is 241 g/mol. The fraction of sp³-hybridized carbons (Fsp3) is 0.417. The summed E-state index contributed by atoms with van der Waals surface area (Å²) in [5, 5.41) is 11.9. The normalized spacial score (nSPS) is 10.1. The van der Waals surface area contributed by atoms with Gasteiger partial charge < -0.3 is 10.4 Å². The van der Waals surface area contributed by atoms with Gasteiger partial charge in [-0.1, -0.05) is 6.42 Å². The minimum absolute atomic E-state index is 0.106. The molecular formula is C12H16ClNO2. The minimum atomic E-state index is -0.106. The first-order valence-corrected chi connectivity index (χ1v) is 5.90. The second-order valence-electron chi connectivity index (χ2n) is 3.55. The molecule has 4 heteroatoms. The minimum Gasteiger partial charge on any atom is -0.508 e. The number of carbonyl (C=O) groups is 1. The molecule has 1 aromatic rings. The average molecular weight is 242 g/mol. The number of phenols is 1. The van der Waals surface area contributed by atoms with Gasteiger partial charge in [-0.15, -0.1) is 11.6 Å². The molecule has 0 aliphatic heterocycles. The van der Waals surface area contributed by atoms with Crippen LogP contribution in [-0.4, -0.2) is 23.4 Å². The molecule has 88 valence electrons. The molecule has 0 saturated carbocycles. The predicted molar refractivity (Wildman–Crippen MR) is 65.0 cm³/mol. The summed E-state index contributed by atoms with van der Waals surface area (Å²) in [5.74, 6) is 0.732. The summed E-state index contributed by atoms with van der Waals surface area (Å²) in [6.07, 6.45) is 2.95. The van der Waals surface area contributed by atoms with Crippen molar-refractivity contribution in [3.63, 3.8) is 0 Å². The van der Waals surface area contributed by atoms with Crippen molar-refractivity contribution in [2.45, 2.75) is 19.3 Å². The van der Waals surface area contributed by atoms with Crippen LogP contribution in [0.25, 0.3) is 0 Å². The average Bonchev–Trinajstić information content (AvgIpc) is 2.29. The number of hydrogen-bond acceptors (Lipinski definition) is 2. The Kier molecular flexibility index (Phi) is 5.72. The van der Waals surface area contributed by atoms with E-state index in [0.717, 1.165) is 19.3 Å². The number of unbranched alkanes of at least 4 members (excludes halogenated alkanes) is 2. The van der Waals surface area contributed by atoms with E-state index in [0.29, 0.717) is 18.0 Å². The van der Waals surface area contributed by atoms with Gasteiger partial charge in [0.2, 0.25) is 0 Å². The molecule has 1 aromatic carbocycles. The molecule has 16 heavy (non-hydrogen) atoms. The van der Waals surface area contributed by atoms with Crippen molar-refractivity contribution in [3.8, 4) is 5.75 Å². The zero-order valence-electron chi connectivity index (χ0n) is 9.08. The maximum absolute atomic E-state index is 11.6. The largest absolute Gasteiger partial charge is 0.508 e. The summed E-state index contributed by atoms with van der Waals surface area (Å²) < 4.78 is 0. The van der Waals surface area contributed by atoms with Crippen LogP contribution in [0.1, 0.15) is 29.6 Å². The highest BCUT2D eigenvalue weighted by atomic mass is 35.5. The van der Waals surface area contributed by atoms with Crippen molar-refractivity contribution < 1.29 is 9.90 Å². The van der Waals surface area contributed by atoms with Crippen LogP contribution in [0, 0.1) is 0 Å². The lowest BCUT2D eigenvalue weighted by Crippen LogP contribution is -2.24. The van der Waals surface area contributed by atoms with Crippen molar-refractivity contribution in [3.05, 3.63) is 29.8 Å². The zero-order chi connectivity index (χ0) is 11.8. The summed E-state index contributed by atoms with van der Waals surface area (Å²) in [6, 6.07) is 6.21. The number of alkyl halides is 1. The fourth-order valence-electron chi connectivity index (χ4n) is 1.31. The molecule has 3 nitrogen and oxygen atoms in total. The van der Waals surface area contributed by atoms with Crippen LogP contribution < -0.4 is 5.32 Å². The molecule has 0 radical (unpaired) electrons. The van der Waals surface area contributed by atoms with E-state index >= 15 is 0 Å². The Morgan fingerprint density at radius 3 is 2.50 bits per heavy atom. The second kappa shape index (κ2) is 7.12. The van der Waals surface area contributed by atoms with Gasteiger partial charge >= 0.3 is 0 Å². The van der Waals surface area contributed by atoms with Gasteiger partial charge in [-0.2, -0.15) is 0 Å². The number of halogens is 1. The van der Waals surface area contributed by atoms with Crippen LogP contribution in [-0.2, 0) is 0 Å². The van der Waals surface area contributed by atoms with Gasteiger partial charge in [0.1, 0.15) is 5.75 Å². The van der Waals surface area contributed by atoms with Gasteiger partial charge in [0.05, 0.1) is 0 Å². The Bertz CT molecular complexity index is 324. The van der Waals surface area contributed by atoms with Crippen LogP contribution in [0.3, 0.4) is 0 Å². The number of amides is 1. The summed E-state index contributed by atoms with van der Waals surface area (Å²) in [7, 11) is 0. The van der Waals surface area contributed by atoms with Crippen LogP contribution >= 0.6 is 11.6 Å². The summed E-state index contributed by atoms with van der Waals surface area (Å²) in [6.45, 7) is 0.663. The van der Waals surface area contributed by atoms with Crippen LogP contribution in [0.2, 0.25) is 0 Å². The van der Waals surface area contributed by atoms with Crippen molar-refractivity contribution in [2.24, 2.45) is 0 Å². The molecule has 0 aliphatic carbocycles. The Morgan fingerprint density at radius 1 is 1.19 bits per heavy atom. The summed E-state index contributed by atoms with van der Waals surface area (Å²) in [4.78, 5) is 11.6.